The summed E-state index contributed by atoms with van der Waals surface area (Å²) in [6, 6.07) is 0. The van der Waals surface area contributed by atoms with Gasteiger partial charge in [-0.15, -0.1) is 11.8 Å². The molecule has 0 N–H and O–H groups in total. The molecule has 1 saturated heterocycles. The Morgan fingerprint density at radius 3 is 2.92 bits per heavy atom. The second kappa shape index (κ2) is 4.50. The minimum Gasteiger partial charge on any atom is -0.469 e. The molecule has 13 heavy (non-hydrogen) atoms. The molecule has 0 aromatic heterocycles. The Morgan fingerprint density at radius 2 is 2.54 bits per heavy atom. The fourth-order valence-electron chi connectivity index (χ4n) is 1.17. The van der Waals surface area contributed by atoms with Crippen LogP contribution in [0.4, 0.5) is 0 Å². The molecule has 0 bridgehead atoms. The highest BCUT2D eigenvalue weighted by molar-refractivity contribution is 8.00. The highest BCUT2D eigenvalue weighted by Gasteiger charge is 2.35. The quantitative estimate of drug-likeness (QED) is 0.636. The largest absolute Gasteiger partial charge is 0.469 e. The molecule has 0 amide bonds. The van der Waals surface area contributed by atoms with Gasteiger partial charge in [-0.25, -0.2) is 0 Å². The Balaban J connectivity index is 2.56. The fraction of sp³-hybridized carbons (Fsp3) is 0.750. The van der Waals surface area contributed by atoms with E-state index in [9.17, 15) is 9.59 Å². The zero-order valence-corrected chi connectivity index (χ0v) is 8.43. The predicted octanol–water partition coefficient (Wildman–Crippen LogP) is 0.802. The Morgan fingerprint density at radius 1 is 1.85 bits per heavy atom. The Bertz CT molecular complexity index is 216. The summed E-state index contributed by atoms with van der Waals surface area (Å²) in [4.78, 5) is 22.0. The fourth-order valence-corrected chi connectivity index (χ4v) is 2.25. The van der Waals surface area contributed by atoms with Crippen molar-refractivity contribution in [1.82, 2.24) is 0 Å². The first-order valence-corrected chi connectivity index (χ1v) is 5.12. The van der Waals surface area contributed by atoms with Gasteiger partial charge in [-0.3, -0.25) is 9.59 Å². The van der Waals surface area contributed by atoms with Crippen LogP contribution in [0, 0.1) is 5.92 Å². The highest BCUT2D eigenvalue weighted by atomic mass is 32.2. The summed E-state index contributed by atoms with van der Waals surface area (Å²) in [7, 11) is 1.34. The van der Waals surface area contributed by atoms with Gasteiger partial charge in [0.25, 0.3) is 0 Å². The van der Waals surface area contributed by atoms with Crippen molar-refractivity contribution in [3.63, 3.8) is 0 Å². The molecular formula is C8H12O4S. The zero-order valence-electron chi connectivity index (χ0n) is 7.61. The third-order valence-corrected chi connectivity index (χ3v) is 3.04. The van der Waals surface area contributed by atoms with Crippen molar-refractivity contribution in [2.75, 3.05) is 12.9 Å². The minimum atomic E-state index is -0.357. The molecule has 2 atom stereocenters. The predicted molar refractivity (Wildman–Crippen MR) is 48.1 cm³/mol. The summed E-state index contributed by atoms with van der Waals surface area (Å²) in [5, 5.41) is 0. The Hall–Kier alpha value is -0.710. The number of methoxy groups -OCH3 is 1. The van der Waals surface area contributed by atoms with Crippen molar-refractivity contribution in [1.29, 1.82) is 0 Å². The number of thioether (sulfide) groups is 1. The molecular weight excluding hydrogens is 192 g/mol. The lowest BCUT2D eigenvalue weighted by Crippen LogP contribution is -2.26. The Kier molecular flexibility index (Phi) is 3.59. The first-order chi connectivity index (χ1) is 6.19. The maximum atomic E-state index is 11.2. The molecule has 5 heteroatoms. The van der Waals surface area contributed by atoms with Crippen LogP contribution in [0.5, 0.6) is 0 Å². The number of cyclic esters (lactones) is 1. The van der Waals surface area contributed by atoms with Gasteiger partial charge in [0.05, 0.1) is 12.9 Å². The van der Waals surface area contributed by atoms with Gasteiger partial charge in [-0.05, 0) is 6.42 Å². The monoisotopic (exact) mass is 204 g/mol. The van der Waals surface area contributed by atoms with Crippen LogP contribution in [-0.2, 0) is 19.1 Å². The van der Waals surface area contributed by atoms with Crippen LogP contribution in [0.2, 0.25) is 0 Å². The molecule has 0 aromatic carbocycles. The lowest BCUT2D eigenvalue weighted by Gasteiger charge is -2.17. The molecule has 1 rings (SSSR count). The number of hydrogen-bond donors (Lipinski definition) is 0. The van der Waals surface area contributed by atoms with Crippen LogP contribution in [0.25, 0.3) is 0 Å². The van der Waals surface area contributed by atoms with Gasteiger partial charge < -0.3 is 9.47 Å². The summed E-state index contributed by atoms with van der Waals surface area (Å²) in [5.41, 5.74) is -0.357. The van der Waals surface area contributed by atoms with Crippen LogP contribution in [0.3, 0.4) is 0 Å². The smallest absolute Gasteiger partial charge is 0.317 e. The summed E-state index contributed by atoms with van der Waals surface area (Å²) in [6.07, 6.45) is 0.623. The van der Waals surface area contributed by atoms with E-state index in [4.69, 9.17) is 4.74 Å². The Labute approximate surface area is 81.0 Å². The molecule has 1 aliphatic rings. The molecule has 0 radical (unpaired) electrons. The summed E-state index contributed by atoms with van der Waals surface area (Å²) < 4.78 is 9.57. The van der Waals surface area contributed by atoms with Crippen molar-refractivity contribution in [3.05, 3.63) is 0 Å². The molecule has 74 valence electrons. The second-order valence-corrected chi connectivity index (χ2v) is 3.79. The van der Waals surface area contributed by atoms with Crippen LogP contribution in [-0.4, -0.2) is 30.2 Å². The first kappa shape index (κ1) is 10.4. The van der Waals surface area contributed by atoms with E-state index in [2.05, 4.69) is 4.74 Å². The molecule has 0 aromatic rings. The first-order valence-electron chi connectivity index (χ1n) is 4.08. The third-order valence-electron chi connectivity index (χ3n) is 1.89. The van der Waals surface area contributed by atoms with Crippen molar-refractivity contribution < 1.29 is 19.1 Å². The summed E-state index contributed by atoms with van der Waals surface area (Å²) >= 11 is 1.35. The number of ether oxygens (including phenoxy) is 2. The third kappa shape index (κ3) is 2.37. The normalized spacial score (nSPS) is 23.8. The maximum Gasteiger partial charge on any atom is 0.317 e. The number of esters is 2. The number of rotatable bonds is 3. The van der Waals surface area contributed by atoms with E-state index in [0.717, 1.165) is 0 Å². The molecule has 0 saturated carbocycles. The lowest BCUT2D eigenvalue weighted by molar-refractivity contribution is -0.152. The highest BCUT2D eigenvalue weighted by Crippen LogP contribution is 2.30. The van der Waals surface area contributed by atoms with Crippen LogP contribution in [0.15, 0.2) is 0 Å². The van der Waals surface area contributed by atoms with E-state index >= 15 is 0 Å². The molecule has 1 aliphatic heterocycles. The second-order valence-electron chi connectivity index (χ2n) is 2.71. The van der Waals surface area contributed by atoms with Gasteiger partial charge in [0.15, 0.2) is 5.44 Å². The number of carbonyl (C=O) groups is 2. The SMILES string of the molecule is CCC(C(=O)OC)C1OC(=O)CS1. The number of hydrogen-bond acceptors (Lipinski definition) is 5. The van der Waals surface area contributed by atoms with Gasteiger partial charge in [-0.1, -0.05) is 6.92 Å². The van der Waals surface area contributed by atoms with Crippen molar-refractivity contribution in [2.45, 2.75) is 18.8 Å². The zero-order chi connectivity index (χ0) is 9.84. The van der Waals surface area contributed by atoms with Crippen molar-refractivity contribution in [2.24, 2.45) is 5.92 Å². The van der Waals surface area contributed by atoms with Crippen molar-refractivity contribution >= 4 is 23.7 Å². The molecule has 1 fully saturated rings. The summed E-state index contributed by atoms with van der Waals surface area (Å²) in [6.45, 7) is 1.87. The van der Waals surface area contributed by atoms with E-state index in [-0.39, 0.29) is 23.3 Å². The number of carbonyl (C=O) groups excluding carboxylic acids is 2. The van der Waals surface area contributed by atoms with Gasteiger partial charge >= 0.3 is 11.9 Å². The van der Waals surface area contributed by atoms with Crippen LogP contribution >= 0.6 is 11.8 Å². The topological polar surface area (TPSA) is 52.6 Å². The van der Waals surface area contributed by atoms with Gasteiger partial charge in [0.2, 0.25) is 0 Å². The van der Waals surface area contributed by atoms with Crippen LogP contribution in [0.1, 0.15) is 13.3 Å². The van der Waals surface area contributed by atoms with Gasteiger partial charge in [0.1, 0.15) is 5.92 Å². The van der Waals surface area contributed by atoms with E-state index in [1.807, 2.05) is 6.92 Å². The average molecular weight is 204 g/mol. The van der Waals surface area contributed by atoms with E-state index in [1.54, 1.807) is 0 Å². The molecule has 2 unspecified atom stereocenters. The van der Waals surface area contributed by atoms with Gasteiger partial charge in [-0.2, -0.15) is 0 Å². The minimum absolute atomic E-state index is 0.252. The maximum absolute atomic E-state index is 11.2. The van der Waals surface area contributed by atoms with Crippen molar-refractivity contribution in [3.8, 4) is 0 Å². The average Bonchev–Trinajstić information content (AvgIpc) is 2.53. The van der Waals surface area contributed by atoms with Gasteiger partial charge in [0, 0.05) is 0 Å². The lowest BCUT2D eigenvalue weighted by atomic mass is 10.1. The molecule has 0 spiro atoms. The molecule has 0 aliphatic carbocycles. The summed E-state index contributed by atoms with van der Waals surface area (Å²) in [5.74, 6) is -0.563. The van der Waals surface area contributed by atoms with Crippen LogP contribution < -0.4 is 0 Å². The standard InChI is InChI=1S/C8H12O4S/c1-3-5(7(10)11-2)8-12-6(9)4-13-8/h5,8H,3-4H2,1-2H3. The van der Waals surface area contributed by atoms with E-state index < -0.39 is 0 Å². The molecule has 1 heterocycles. The molecule has 4 nitrogen and oxygen atoms in total. The van der Waals surface area contributed by atoms with E-state index in [1.165, 1.54) is 18.9 Å². The van der Waals surface area contributed by atoms with E-state index in [0.29, 0.717) is 12.2 Å².